The fourth-order valence-corrected chi connectivity index (χ4v) is 3.54. The molecule has 5 nitrogen and oxygen atoms in total. The number of benzene rings is 1. The van der Waals surface area contributed by atoms with E-state index in [1.165, 1.54) is 12.1 Å². The number of hydrogen-bond acceptors (Lipinski definition) is 5. The van der Waals surface area contributed by atoms with E-state index in [9.17, 15) is 8.42 Å². The van der Waals surface area contributed by atoms with Crippen molar-refractivity contribution in [1.29, 1.82) is 0 Å². The topological polar surface area (TPSA) is 75.6 Å². The molecule has 1 aromatic rings. The van der Waals surface area contributed by atoms with Crippen LogP contribution in [0.1, 0.15) is 20.8 Å². The summed E-state index contributed by atoms with van der Waals surface area (Å²) in [6.07, 6.45) is 0. The van der Waals surface area contributed by atoms with Crippen LogP contribution in [0.5, 0.6) is 5.75 Å². The van der Waals surface area contributed by atoms with Gasteiger partial charge in [-0.3, -0.25) is 0 Å². The zero-order valence-electron chi connectivity index (χ0n) is 13.6. The van der Waals surface area contributed by atoms with Crippen molar-refractivity contribution in [3.63, 3.8) is 0 Å². The first-order valence-electron chi connectivity index (χ1n) is 7.18. The lowest BCUT2D eigenvalue weighted by Gasteiger charge is -2.17. The summed E-state index contributed by atoms with van der Waals surface area (Å²) in [4.78, 5) is 0.201. The van der Waals surface area contributed by atoms with Crippen LogP contribution in [-0.2, 0) is 10.0 Å². The number of aliphatic hydroxyl groups excluding tert-OH is 1. The molecular weight excluding hydrogens is 334 g/mol. The summed E-state index contributed by atoms with van der Waals surface area (Å²) in [5.41, 5.74) is 0. The molecule has 0 aromatic heterocycles. The van der Waals surface area contributed by atoms with E-state index in [4.69, 9.17) is 9.84 Å². The molecule has 0 saturated heterocycles. The molecule has 0 aliphatic rings. The number of sulfonamides is 1. The van der Waals surface area contributed by atoms with Gasteiger partial charge in [0.2, 0.25) is 10.0 Å². The van der Waals surface area contributed by atoms with Crippen LogP contribution >= 0.6 is 11.8 Å². The second-order valence-electron chi connectivity index (χ2n) is 5.63. The summed E-state index contributed by atoms with van der Waals surface area (Å²) in [6, 6.07) is 6.15. The zero-order valence-corrected chi connectivity index (χ0v) is 15.3. The van der Waals surface area contributed by atoms with Crippen LogP contribution in [0, 0.1) is 11.8 Å². The summed E-state index contributed by atoms with van der Waals surface area (Å²) in [5, 5.41) is 8.52. The monoisotopic (exact) mass is 357 g/mol. The Morgan fingerprint density at radius 2 is 1.87 bits per heavy atom. The van der Waals surface area contributed by atoms with Crippen molar-refractivity contribution in [1.82, 2.24) is 4.72 Å². The molecule has 0 aliphatic heterocycles. The van der Waals surface area contributed by atoms with Gasteiger partial charge in [-0.05, 0) is 24.3 Å². The second-order valence-corrected chi connectivity index (χ2v) is 9.32. The number of thioether (sulfide) groups is 1. The third kappa shape index (κ3) is 8.28. The van der Waals surface area contributed by atoms with E-state index < -0.39 is 10.0 Å². The molecule has 7 heteroatoms. The predicted octanol–water partition coefficient (Wildman–Crippen LogP) is 1.87. The largest absolute Gasteiger partial charge is 0.481 e. The van der Waals surface area contributed by atoms with Crippen molar-refractivity contribution in [3.8, 4) is 17.6 Å². The average molecular weight is 357 g/mol. The van der Waals surface area contributed by atoms with Crippen LogP contribution in [0.4, 0.5) is 0 Å². The van der Waals surface area contributed by atoms with Gasteiger partial charge in [-0.15, -0.1) is 0 Å². The number of hydrogen-bond donors (Lipinski definition) is 2. The molecule has 0 atom stereocenters. The average Bonchev–Trinajstić information content (AvgIpc) is 2.48. The fourth-order valence-electron chi connectivity index (χ4n) is 1.56. The van der Waals surface area contributed by atoms with Gasteiger partial charge in [0.15, 0.2) is 0 Å². The van der Waals surface area contributed by atoms with E-state index >= 15 is 0 Å². The smallest absolute Gasteiger partial charge is 0.240 e. The Balaban J connectivity index is 2.53. The fraction of sp³-hybridized carbons (Fsp3) is 0.500. The Bertz CT molecular complexity index is 637. The first-order valence-corrected chi connectivity index (χ1v) is 9.64. The Morgan fingerprint density at radius 3 is 2.43 bits per heavy atom. The minimum atomic E-state index is -3.50. The number of aliphatic hydroxyl groups is 1. The number of ether oxygens (including phenoxy) is 1. The SMILES string of the molecule is CC(C)(C)SCCNS(=O)(=O)c1ccc(OCC#CCO)cc1. The molecule has 0 heterocycles. The van der Waals surface area contributed by atoms with Gasteiger partial charge < -0.3 is 9.84 Å². The summed E-state index contributed by atoms with van der Waals surface area (Å²) in [5.74, 6) is 6.33. The highest BCUT2D eigenvalue weighted by Gasteiger charge is 2.15. The number of rotatable bonds is 7. The quantitative estimate of drug-likeness (QED) is 0.576. The van der Waals surface area contributed by atoms with E-state index in [1.54, 1.807) is 23.9 Å². The van der Waals surface area contributed by atoms with Gasteiger partial charge in [-0.2, -0.15) is 11.8 Å². The molecule has 0 amide bonds. The summed E-state index contributed by atoms with van der Waals surface area (Å²) >= 11 is 1.71. The van der Waals surface area contributed by atoms with Crippen molar-refractivity contribution in [2.24, 2.45) is 0 Å². The normalized spacial score (nSPS) is 11.7. The van der Waals surface area contributed by atoms with Gasteiger partial charge in [-0.1, -0.05) is 32.6 Å². The van der Waals surface area contributed by atoms with Gasteiger partial charge in [-0.25, -0.2) is 13.1 Å². The van der Waals surface area contributed by atoms with Crippen LogP contribution in [0.2, 0.25) is 0 Å². The zero-order chi connectivity index (χ0) is 17.3. The molecule has 1 rings (SSSR count). The molecule has 0 saturated carbocycles. The maximum Gasteiger partial charge on any atom is 0.240 e. The van der Waals surface area contributed by atoms with E-state index in [1.807, 2.05) is 0 Å². The second kappa shape index (κ2) is 9.18. The first-order chi connectivity index (χ1) is 10.7. The van der Waals surface area contributed by atoms with Gasteiger partial charge >= 0.3 is 0 Å². The Morgan fingerprint density at radius 1 is 1.22 bits per heavy atom. The first kappa shape index (κ1) is 19.8. The summed E-state index contributed by atoms with van der Waals surface area (Å²) in [7, 11) is -3.50. The van der Waals surface area contributed by atoms with Crippen molar-refractivity contribution in [3.05, 3.63) is 24.3 Å². The van der Waals surface area contributed by atoms with Crippen molar-refractivity contribution in [2.45, 2.75) is 30.4 Å². The van der Waals surface area contributed by atoms with Crippen LogP contribution < -0.4 is 9.46 Å². The maximum atomic E-state index is 12.2. The summed E-state index contributed by atoms with van der Waals surface area (Å²) in [6.45, 7) is 6.61. The molecular formula is C16H23NO4S2. The van der Waals surface area contributed by atoms with Crippen LogP contribution in [0.25, 0.3) is 0 Å². The Hall–Kier alpha value is -1.20. The van der Waals surface area contributed by atoms with E-state index in [2.05, 4.69) is 37.3 Å². The van der Waals surface area contributed by atoms with Gasteiger partial charge in [0.1, 0.15) is 19.0 Å². The van der Waals surface area contributed by atoms with Gasteiger partial charge in [0, 0.05) is 17.0 Å². The highest BCUT2D eigenvalue weighted by molar-refractivity contribution is 8.00. The molecule has 0 bridgehead atoms. The summed E-state index contributed by atoms with van der Waals surface area (Å²) < 4.78 is 32.3. The van der Waals surface area contributed by atoms with Crippen LogP contribution in [0.3, 0.4) is 0 Å². The standard InChI is InChI=1S/C16H23NO4S2/c1-16(2,3)22-13-10-17-23(19,20)15-8-6-14(7-9-15)21-12-5-4-11-18/h6-9,17-18H,10-13H2,1-3H3. The molecule has 128 valence electrons. The molecule has 2 N–H and O–H groups in total. The minimum absolute atomic E-state index is 0.114. The highest BCUT2D eigenvalue weighted by atomic mass is 32.2. The van der Waals surface area contributed by atoms with E-state index in [0.717, 1.165) is 0 Å². The molecule has 0 radical (unpaired) electrons. The van der Waals surface area contributed by atoms with Crippen molar-refractivity contribution < 1.29 is 18.3 Å². The predicted molar refractivity (Wildman–Crippen MR) is 94.2 cm³/mol. The van der Waals surface area contributed by atoms with Crippen LogP contribution in [0.15, 0.2) is 29.2 Å². The van der Waals surface area contributed by atoms with Crippen LogP contribution in [-0.4, -0.2) is 43.8 Å². The number of nitrogens with one attached hydrogen (secondary N) is 1. The molecule has 1 aromatic carbocycles. The molecule has 0 spiro atoms. The van der Waals surface area contributed by atoms with Gasteiger partial charge in [0.25, 0.3) is 0 Å². The maximum absolute atomic E-state index is 12.2. The third-order valence-corrected chi connectivity index (χ3v) is 5.33. The van der Waals surface area contributed by atoms with E-state index in [-0.39, 0.29) is 22.9 Å². The minimum Gasteiger partial charge on any atom is -0.481 e. The molecule has 0 aliphatic carbocycles. The Kier molecular flexibility index (Phi) is 7.92. The lowest BCUT2D eigenvalue weighted by atomic mass is 10.3. The van der Waals surface area contributed by atoms with Crippen molar-refractivity contribution >= 4 is 21.8 Å². The lowest BCUT2D eigenvalue weighted by Crippen LogP contribution is -2.27. The van der Waals surface area contributed by atoms with Crippen molar-refractivity contribution in [2.75, 3.05) is 25.5 Å². The molecule has 0 unspecified atom stereocenters. The molecule has 23 heavy (non-hydrogen) atoms. The third-order valence-electron chi connectivity index (χ3n) is 2.58. The van der Waals surface area contributed by atoms with Gasteiger partial charge in [0.05, 0.1) is 4.90 Å². The van der Waals surface area contributed by atoms with E-state index in [0.29, 0.717) is 18.0 Å². The lowest BCUT2D eigenvalue weighted by molar-refractivity contribution is 0.347. The Labute approximate surface area is 142 Å². The molecule has 0 fully saturated rings. The highest BCUT2D eigenvalue weighted by Crippen LogP contribution is 2.22.